The van der Waals surface area contributed by atoms with Gasteiger partial charge in [-0.1, -0.05) is 38.5 Å². The molecule has 0 unspecified atom stereocenters. The molecule has 128 valence electrons. The monoisotopic (exact) mass is 339 g/mol. The second-order valence-electron chi connectivity index (χ2n) is 5.06. The summed E-state index contributed by atoms with van der Waals surface area (Å²) in [6, 6.07) is 5.81. The summed E-state index contributed by atoms with van der Waals surface area (Å²) in [6.45, 7) is 8.88. The molecule has 0 aliphatic rings. The van der Waals surface area contributed by atoms with Crippen molar-refractivity contribution in [3.05, 3.63) is 36.4 Å². The summed E-state index contributed by atoms with van der Waals surface area (Å²) in [5, 5.41) is 0. The number of amides is 1. The van der Waals surface area contributed by atoms with Crippen LogP contribution in [0.5, 0.6) is 5.75 Å². The van der Waals surface area contributed by atoms with E-state index in [1.807, 2.05) is 25.1 Å². The number of carbonyl (C=O) groups is 1. The average Bonchev–Trinajstić information content (AvgIpc) is 2.58. The first-order chi connectivity index (χ1) is 11.2. The lowest BCUT2D eigenvalue weighted by Crippen LogP contribution is -2.35. The van der Waals surface area contributed by atoms with E-state index in [9.17, 15) is 4.79 Å². The van der Waals surface area contributed by atoms with Crippen LogP contribution in [0.4, 0.5) is 5.69 Å². The molecule has 0 aliphatic carbocycles. The molecule has 23 heavy (non-hydrogen) atoms. The van der Waals surface area contributed by atoms with Crippen LogP contribution in [-0.4, -0.2) is 31.7 Å². The van der Waals surface area contributed by atoms with Crippen LogP contribution in [0.2, 0.25) is 0 Å². The molecule has 1 rings (SSSR count). The van der Waals surface area contributed by atoms with Gasteiger partial charge in [-0.15, -0.1) is 18.2 Å². The number of alkyl halides is 1. The van der Waals surface area contributed by atoms with E-state index in [1.165, 1.54) is 0 Å². The van der Waals surface area contributed by atoms with Crippen molar-refractivity contribution < 1.29 is 14.3 Å². The number of hydrogen-bond acceptors (Lipinski definition) is 3. The molecule has 0 saturated carbocycles. The molecule has 4 nitrogen and oxygen atoms in total. The lowest BCUT2D eigenvalue weighted by Gasteiger charge is -2.26. The van der Waals surface area contributed by atoms with Crippen LogP contribution >= 0.6 is 11.6 Å². The minimum atomic E-state index is -0.211. The number of halogens is 1. The van der Waals surface area contributed by atoms with E-state index in [2.05, 4.69) is 13.5 Å². The minimum absolute atomic E-state index is 0.107. The van der Waals surface area contributed by atoms with Gasteiger partial charge in [-0.3, -0.25) is 9.69 Å². The Kier molecular flexibility index (Phi) is 9.41. The van der Waals surface area contributed by atoms with Crippen LogP contribution in [0.1, 0.15) is 32.3 Å². The Balaban J connectivity index is 3.13. The topological polar surface area (TPSA) is 38.8 Å². The fourth-order valence-electron chi connectivity index (χ4n) is 2.16. The van der Waals surface area contributed by atoms with E-state index in [4.69, 9.17) is 21.1 Å². The first-order valence-electron chi connectivity index (χ1n) is 7.99. The Hall–Kier alpha value is -1.52. The average molecular weight is 340 g/mol. The zero-order chi connectivity index (χ0) is 17.1. The predicted octanol–water partition coefficient (Wildman–Crippen LogP) is 4.16. The lowest BCUT2D eigenvalue weighted by atomic mass is 10.1. The smallest absolute Gasteiger partial charge is 0.243 e. The summed E-state index contributed by atoms with van der Waals surface area (Å²) in [4.78, 5) is 13.8. The molecular weight excluding hydrogens is 314 g/mol. The molecule has 0 spiro atoms. The number of anilines is 1. The van der Waals surface area contributed by atoms with Gasteiger partial charge in [0.25, 0.3) is 0 Å². The molecule has 0 aliphatic heterocycles. The molecule has 0 aromatic heterocycles. The third-order valence-electron chi connectivity index (χ3n) is 3.36. The second-order valence-corrected chi connectivity index (χ2v) is 5.33. The van der Waals surface area contributed by atoms with Crippen LogP contribution in [0.25, 0.3) is 0 Å². The number of aryl methyl sites for hydroxylation is 1. The van der Waals surface area contributed by atoms with Crippen molar-refractivity contribution in [2.45, 2.75) is 33.1 Å². The molecule has 0 heterocycles. The maximum atomic E-state index is 12.3. The number of carbonyl (C=O) groups excluding carboxylic acids is 1. The van der Waals surface area contributed by atoms with E-state index in [0.717, 1.165) is 30.5 Å². The van der Waals surface area contributed by atoms with Crippen molar-refractivity contribution in [3.8, 4) is 5.75 Å². The SMILES string of the molecule is C=CCOCN(C(=O)CCl)c1c(CC)cccc1OCCCC. The molecule has 0 fully saturated rings. The number of nitrogens with zero attached hydrogens (tertiary/aromatic N) is 1. The van der Waals surface area contributed by atoms with Crippen molar-refractivity contribution in [3.63, 3.8) is 0 Å². The van der Waals surface area contributed by atoms with Gasteiger partial charge in [0.15, 0.2) is 0 Å². The number of benzene rings is 1. The van der Waals surface area contributed by atoms with Gasteiger partial charge >= 0.3 is 0 Å². The molecule has 0 atom stereocenters. The third kappa shape index (κ3) is 5.88. The zero-order valence-electron chi connectivity index (χ0n) is 14.0. The van der Waals surface area contributed by atoms with Gasteiger partial charge in [0.05, 0.1) is 18.9 Å². The molecule has 0 bridgehead atoms. The van der Waals surface area contributed by atoms with E-state index in [-0.39, 0.29) is 18.5 Å². The van der Waals surface area contributed by atoms with Crippen LogP contribution in [0.15, 0.2) is 30.9 Å². The summed E-state index contributed by atoms with van der Waals surface area (Å²) < 4.78 is 11.4. The number of hydrogen-bond donors (Lipinski definition) is 0. The van der Waals surface area contributed by atoms with E-state index in [0.29, 0.717) is 19.0 Å². The van der Waals surface area contributed by atoms with Gasteiger partial charge < -0.3 is 9.47 Å². The highest BCUT2D eigenvalue weighted by atomic mass is 35.5. The molecule has 0 N–H and O–H groups in total. The summed E-state index contributed by atoms with van der Waals surface area (Å²) in [6.07, 6.45) is 4.45. The first kappa shape index (κ1) is 19.5. The maximum Gasteiger partial charge on any atom is 0.243 e. The molecule has 5 heteroatoms. The number of unbranched alkanes of at least 4 members (excludes halogenated alkanes) is 1. The predicted molar refractivity (Wildman–Crippen MR) is 95.4 cm³/mol. The van der Waals surface area contributed by atoms with Gasteiger partial charge in [-0.05, 0) is 24.5 Å². The van der Waals surface area contributed by atoms with Gasteiger partial charge in [-0.2, -0.15) is 0 Å². The van der Waals surface area contributed by atoms with Crippen molar-refractivity contribution in [2.24, 2.45) is 0 Å². The van der Waals surface area contributed by atoms with Crippen LogP contribution in [0, 0.1) is 0 Å². The van der Waals surface area contributed by atoms with Gasteiger partial charge in [0, 0.05) is 0 Å². The van der Waals surface area contributed by atoms with Crippen molar-refractivity contribution in [2.75, 3.05) is 30.7 Å². The van der Waals surface area contributed by atoms with Gasteiger partial charge in [0.1, 0.15) is 18.4 Å². The number of ether oxygens (including phenoxy) is 2. The highest BCUT2D eigenvalue weighted by molar-refractivity contribution is 6.29. The van der Waals surface area contributed by atoms with E-state index < -0.39 is 0 Å². The normalized spacial score (nSPS) is 10.4. The summed E-state index contributed by atoms with van der Waals surface area (Å²) >= 11 is 5.78. The first-order valence-corrected chi connectivity index (χ1v) is 8.52. The van der Waals surface area contributed by atoms with Crippen LogP contribution in [-0.2, 0) is 16.0 Å². The fraction of sp³-hybridized carbons (Fsp3) is 0.500. The fourth-order valence-corrected chi connectivity index (χ4v) is 2.31. The summed E-state index contributed by atoms with van der Waals surface area (Å²) in [7, 11) is 0. The van der Waals surface area contributed by atoms with Gasteiger partial charge in [-0.25, -0.2) is 0 Å². The Labute approximate surface area is 144 Å². The maximum absolute atomic E-state index is 12.3. The Morgan fingerprint density at radius 1 is 1.39 bits per heavy atom. The zero-order valence-corrected chi connectivity index (χ0v) is 14.8. The van der Waals surface area contributed by atoms with Crippen molar-refractivity contribution in [1.82, 2.24) is 0 Å². The van der Waals surface area contributed by atoms with Crippen LogP contribution < -0.4 is 9.64 Å². The third-order valence-corrected chi connectivity index (χ3v) is 3.59. The summed E-state index contributed by atoms with van der Waals surface area (Å²) in [5.41, 5.74) is 1.78. The van der Waals surface area contributed by atoms with Crippen molar-refractivity contribution in [1.29, 1.82) is 0 Å². The highest BCUT2D eigenvalue weighted by Crippen LogP contribution is 2.33. The number of rotatable bonds is 11. The molecule has 1 aromatic rings. The number of para-hydroxylation sites is 1. The lowest BCUT2D eigenvalue weighted by molar-refractivity contribution is -0.117. The quantitative estimate of drug-likeness (QED) is 0.263. The molecule has 1 aromatic carbocycles. The molecule has 1 amide bonds. The van der Waals surface area contributed by atoms with Crippen LogP contribution in [0.3, 0.4) is 0 Å². The summed E-state index contributed by atoms with van der Waals surface area (Å²) in [5.74, 6) is 0.375. The second kappa shape index (κ2) is 11.1. The Morgan fingerprint density at radius 3 is 2.78 bits per heavy atom. The largest absolute Gasteiger partial charge is 0.491 e. The van der Waals surface area contributed by atoms with E-state index in [1.54, 1.807) is 11.0 Å². The van der Waals surface area contributed by atoms with Gasteiger partial charge in [0.2, 0.25) is 5.91 Å². The molecular formula is C18H26ClNO3. The minimum Gasteiger partial charge on any atom is -0.491 e. The molecule has 0 saturated heterocycles. The van der Waals surface area contributed by atoms with E-state index >= 15 is 0 Å². The molecule has 0 radical (unpaired) electrons. The van der Waals surface area contributed by atoms with Crippen molar-refractivity contribution >= 4 is 23.2 Å². The Bertz CT molecular complexity index is 505. The highest BCUT2D eigenvalue weighted by Gasteiger charge is 2.22. The standard InChI is InChI=1S/C18H26ClNO3/c1-4-7-12-23-16-10-8-9-15(6-3)18(16)20(17(21)13-19)14-22-11-5-2/h5,8-10H,2,4,6-7,11-14H2,1,3H3. The Morgan fingerprint density at radius 2 is 2.17 bits per heavy atom.